The van der Waals surface area contributed by atoms with Crippen molar-refractivity contribution in [3.63, 3.8) is 0 Å². The van der Waals surface area contributed by atoms with Crippen molar-refractivity contribution >= 4 is 22.6 Å². The Balaban J connectivity index is 2.56. The molecular weight excluding hydrogens is 357 g/mol. The Morgan fingerprint density at radius 2 is 1.55 bits per heavy atom. The third-order valence-corrected chi connectivity index (χ3v) is 5.37. The van der Waals surface area contributed by atoms with Crippen LogP contribution in [0.1, 0.15) is 40.8 Å². The zero-order valence-corrected chi connectivity index (χ0v) is 14.8. The third kappa shape index (κ3) is 3.07. The Labute approximate surface area is 135 Å². The molecule has 2 aromatic carbocycles. The van der Waals surface area contributed by atoms with Gasteiger partial charge in [0.1, 0.15) is 0 Å². The van der Waals surface area contributed by atoms with E-state index in [2.05, 4.69) is 92.0 Å². The minimum Gasteiger partial charge on any atom is -0.306 e. The highest BCUT2D eigenvalue weighted by molar-refractivity contribution is 14.1. The molecule has 106 valence electrons. The molecule has 1 nitrogen and oxygen atoms in total. The SMILES string of the molecule is CCNC(c1cccc(C)c1C)c1cccc(C)c1I. The normalized spacial score (nSPS) is 12.4. The van der Waals surface area contributed by atoms with Crippen LogP contribution in [0, 0.1) is 24.3 Å². The molecule has 0 aliphatic carbocycles. The fraction of sp³-hybridized carbons (Fsp3) is 0.333. The topological polar surface area (TPSA) is 12.0 Å². The average Bonchev–Trinajstić information content (AvgIpc) is 2.43. The van der Waals surface area contributed by atoms with Crippen molar-refractivity contribution in [1.29, 1.82) is 0 Å². The minimum absolute atomic E-state index is 0.270. The molecule has 2 heteroatoms. The highest BCUT2D eigenvalue weighted by atomic mass is 127. The van der Waals surface area contributed by atoms with Crippen LogP contribution in [0.3, 0.4) is 0 Å². The number of nitrogens with one attached hydrogen (secondary N) is 1. The number of halogens is 1. The Kier molecular flexibility index (Phi) is 5.22. The predicted molar refractivity (Wildman–Crippen MR) is 95.3 cm³/mol. The van der Waals surface area contributed by atoms with Crippen LogP contribution < -0.4 is 5.32 Å². The number of benzene rings is 2. The summed E-state index contributed by atoms with van der Waals surface area (Å²) >= 11 is 2.47. The van der Waals surface area contributed by atoms with Crippen molar-refractivity contribution in [2.75, 3.05) is 6.54 Å². The van der Waals surface area contributed by atoms with Crippen molar-refractivity contribution in [2.45, 2.75) is 33.7 Å². The molecule has 1 unspecified atom stereocenters. The van der Waals surface area contributed by atoms with E-state index >= 15 is 0 Å². The molecule has 2 aromatic rings. The maximum absolute atomic E-state index is 3.65. The van der Waals surface area contributed by atoms with Gasteiger partial charge in [0.15, 0.2) is 0 Å². The molecule has 0 saturated heterocycles. The van der Waals surface area contributed by atoms with Crippen LogP contribution in [0.5, 0.6) is 0 Å². The Bertz CT molecular complexity index is 553. The zero-order valence-electron chi connectivity index (χ0n) is 12.6. The molecule has 2 rings (SSSR count). The molecule has 0 spiro atoms. The monoisotopic (exact) mass is 379 g/mol. The van der Waals surface area contributed by atoms with E-state index in [1.807, 2.05) is 0 Å². The van der Waals surface area contributed by atoms with Crippen LogP contribution in [0.25, 0.3) is 0 Å². The van der Waals surface area contributed by atoms with E-state index in [9.17, 15) is 0 Å². The summed E-state index contributed by atoms with van der Waals surface area (Å²) in [5, 5.41) is 3.65. The summed E-state index contributed by atoms with van der Waals surface area (Å²) in [6.45, 7) is 9.71. The van der Waals surface area contributed by atoms with Crippen molar-refractivity contribution in [2.24, 2.45) is 0 Å². The van der Waals surface area contributed by atoms with Crippen LogP contribution >= 0.6 is 22.6 Å². The van der Waals surface area contributed by atoms with Crippen LogP contribution in [-0.4, -0.2) is 6.54 Å². The first-order valence-electron chi connectivity index (χ1n) is 7.10. The van der Waals surface area contributed by atoms with Gasteiger partial charge >= 0.3 is 0 Å². The summed E-state index contributed by atoms with van der Waals surface area (Å²) in [7, 11) is 0. The molecule has 0 bridgehead atoms. The second kappa shape index (κ2) is 6.72. The highest BCUT2D eigenvalue weighted by Gasteiger charge is 2.18. The summed E-state index contributed by atoms with van der Waals surface area (Å²) in [6, 6.07) is 13.4. The maximum Gasteiger partial charge on any atom is 0.0589 e. The van der Waals surface area contributed by atoms with E-state index in [4.69, 9.17) is 0 Å². The lowest BCUT2D eigenvalue weighted by atomic mass is 9.92. The number of rotatable bonds is 4. The first kappa shape index (κ1) is 15.5. The molecule has 1 atom stereocenters. The van der Waals surface area contributed by atoms with Gasteiger partial charge in [-0.3, -0.25) is 0 Å². The molecule has 0 saturated carbocycles. The lowest BCUT2D eigenvalue weighted by Gasteiger charge is -2.23. The van der Waals surface area contributed by atoms with Gasteiger partial charge in [0.05, 0.1) is 6.04 Å². The molecule has 0 amide bonds. The van der Waals surface area contributed by atoms with Crippen molar-refractivity contribution < 1.29 is 0 Å². The van der Waals surface area contributed by atoms with E-state index in [0.717, 1.165) is 6.54 Å². The second-order valence-electron chi connectivity index (χ2n) is 5.26. The van der Waals surface area contributed by atoms with E-state index in [-0.39, 0.29) is 6.04 Å². The van der Waals surface area contributed by atoms with Crippen LogP contribution in [-0.2, 0) is 0 Å². The molecule has 0 radical (unpaired) electrons. The largest absolute Gasteiger partial charge is 0.306 e. The smallest absolute Gasteiger partial charge is 0.0589 e. The predicted octanol–water partition coefficient (Wildman–Crippen LogP) is 4.92. The van der Waals surface area contributed by atoms with Gasteiger partial charge in [-0.15, -0.1) is 0 Å². The van der Waals surface area contributed by atoms with Gasteiger partial charge < -0.3 is 5.32 Å². The van der Waals surface area contributed by atoms with Crippen molar-refractivity contribution in [3.05, 3.63) is 67.8 Å². The lowest BCUT2D eigenvalue weighted by Crippen LogP contribution is -2.24. The Hall–Kier alpha value is -0.870. The van der Waals surface area contributed by atoms with Gasteiger partial charge in [0, 0.05) is 3.57 Å². The fourth-order valence-electron chi connectivity index (χ4n) is 2.57. The third-order valence-electron chi connectivity index (χ3n) is 3.90. The number of hydrogen-bond donors (Lipinski definition) is 1. The van der Waals surface area contributed by atoms with Gasteiger partial charge in [0.25, 0.3) is 0 Å². The first-order chi connectivity index (χ1) is 9.56. The number of hydrogen-bond acceptors (Lipinski definition) is 1. The molecule has 0 heterocycles. The average molecular weight is 379 g/mol. The van der Waals surface area contributed by atoms with Crippen LogP contribution in [0.4, 0.5) is 0 Å². The van der Waals surface area contributed by atoms with Gasteiger partial charge in [-0.1, -0.05) is 43.3 Å². The fourth-order valence-corrected chi connectivity index (χ4v) is 3.24. The van der Waals surface area contributed by atoms with E-state index in [1.165, 1.54) is 31.4 Å². The summed E-state index contributed by atoms with van der Waals surface area (Å²) < 4.78 is 1.36. The van der Waals surface area contributed by atoms with Gasteiger partial charge in [-0.25, -0.2) is 0 Å². The standard InChI is InChI=1S/C18H22IN/c1-5-20-18(15-10-6-8-12(2)14(15)4)16-11-7-9-13(3)17(16)19/h6-11,18,20H,5H2,1-4H3. The summed E-state index contributed by atoms with van der Waals surface area (Å²) in [6.07, 6.45) is 0. The molecule has 0 aromatic heterocycles. The zero-order chi connectivity index (χ0) is 14.7. The molecular formula is C18H22IN. The molecule has 0 fully saturated rings. The number of aryl methyl sites for hydroxylation is 2. The minimum atomic E-state index is 0.270. The summed E-state index contributed by atoms with van der Waals surface area (Å²) in [5.41, 5.74) is 6.84. The Morgan fingerprint density at radius 1 is 0.950 bits per heavy atom. The van der Waals surface area contributed by atoms with Crippen molar-refractivity contribution in [3.8, 4) is 0 Å². The van der Waals surface area contributed by atoms with E-state index in [1.54, 1.807) is 0 Å². The van der Waals surface area contributed by atoms with E-state index < -0.39 is 0 Å². The van der Waals surface area contributed by atoms with Crippen LogP contribution in [0.2, 0.25) is 0 Å². The maximum atomic E-state index is 3.65. The molecule has 20 heavy (non-hydrogen) atoms. The molecule has 0 aliphatic rings. The molecule has 0 aliphatic heterocycles. The first-order valence-corrected chi connectivity index (χ1v) is 8.18. The Morgan fingerprint density at radius 3 is 2.20 bits per heavy atom. The second-order valence-corrected chi connectivity index (χ2v) is 6.34. The van der Waals surface area contributed by atoms with Gasteiger partial charge in [-0.05, 0) is 77.7 Å². The van der Waals surface area contributed by atoms with Crippen LogP contribution in [0.15, 0.2) is 36.4 Å². The summed E-state index contributed by atoms with van der Waals surface area (Å²) in [5.74, 6) is 0. The lowest BCUT2D eigenvalue weighted by molar-refractivity contribution is 0.624. The molecule has 1 N–H and O–H groups in total. The van der Waals surface area contributed by atoms with Crippen molar-refractivity contribution in [1.82, 2.24) is 5.32 Å². The van der Waals surface area contributed by atoms with Gasteiger partial charge in [-0.2, -0.15) is 0 Å². The van der Waals surface area contributed by atoms with Gasteiger partial charge in [0.2, 0.25) is 0 Å². The summed E-state index contributed by atoms with van der Waals surface area (Å²) in [4.78, 5) is 0. The quantitative estimate of drug-likeness (QED) is 0.744. The highest BCUT2D eigenvalue weighted by Crippen LogP contribution is 2.30. The van der Waals surface area contributed by atoms with E-state index in [0.29, 0.717) is 0 Å².